The molecular weight excluding hydrogens is 266 g/mol. The fourth-order valence-electron chi connectivity index (χ4n) is 4.13. The van der Waals surface area contributed by atoms with Gasteiger partial charge in [-0.05, 0) is 25.7 Å². The van der Waals surface area contributed by atoms with Crippen molar-refractivity contribution in [1.82, 2.24) is 5.32 Å². The average Bonchev–Trinajstić information content (AvgIpc) is 2.79. The largest absolute Gasteiger partial charge is 0.395 e. The molecule has 0 saturated heterocycles. The van der Waals surface area contributed by atoms with Gasteiger partial charge in [-0.2, -0.15) is 0 Å². The van der Waals surface area contributed by atoms with Gasteiger partial charge in [0.1, 0.15) is 5.78 Å². The van der Waals surface area contributed by atoms with Gasteiger partial charge in [0.15, 0.2) is 0 Å². The Labute approximate surface area is 124 Å². The van der Waals surface area contributed by atoms with Gasteiger partial charge in [-0.15, -0.1) is 0 Å². The molecule has 4 aliphatic rings. The average molecular weight is 287 g/mol. The van der Waals surface area contributed by atoms with Crippen LogP contribution in [-0.4, -0.2) is 29.9 Å². The van der Waals surface area contributed by atoms with Crippen LogP contribution < -0.4 is 5.32 Å². The molecule has 4 atom stereocenters. The molecule has 1 aromatic carbocycles. The number of Topliss-reactive ketones (excluding diaryl/α,β-unsaturated/α-hetero) is 1. The van der Waals surface area contributed by atoms with Gasteiger partial charge in [-0.3, -0.25) is 9.59 Å². The number of carbonyl (C=O) groups is 2. The van der Waals surface area contributed by atoms with Crippen molar-refractivity contribution in [3.8, 4) is 0 Å². The van der Waals surface area contributed by atoms with Gasteiger partial charge < -0.3 is 10.4 Å². The fourth-order valence-corrected chi connectivity index (χ4v) is 4.13. The van der Waals surface area contributed by atoms with Crippen molar-refractivity contribution >= 4 is 11.7 Å². The predicted molar refractivity (Wildman–Crippen MR) is 78.4 cm³/mol. The van der Waals surface area contributed by atoms with Crippen molar-refractivity contribution in [1.29, 1.82) is 0 Å². The molecule has 0 spiro atoms. The molecule has 0 aromatic heterocycles. The van der Waals surface area contributed by atoms with E-state index >= 15 is 0 Å². The summed E-state index contributed by atoms with van der Waals surface area (Å²) in [6, 6.07) is 10.3. The number of amides is 1. The number of rotatable bonds is 3. The molecule has 1 aromatic rings. The molecule has 4 aliphatic carbocycles. The van der Waals surface area contributed by atoms with E-state index in [1.54, 1.807) is 0 Å². The smallest absolute Gasteiger partial charge is 0.227 e. The lowest BCUT2D eigenvalue weighted by Crippen LogP contribution is -2.34. The van der Waals surface area contributed by atoms with E-state index in [0.717, 1.165) is 12.8 Å². The summed E-state index contributed by atoms with van der Waals surface area (Å²) >= 11 is 0. The highest BCUT2D eigenvalue weighted by atomic mass is 16.3. The Kier molecular flexibility index (Phi) is 3.57. The van der Waals surface area contributed by atoms with Crippen LogP contribution in [-0.2, 0) is 9.59 Å². The van der Waals surface area contributed by atoms with E-state index in [1.807, 2.05) is 18.2 Å². The lowest BCUT2D eigenvalue weighted by atomic mass is 10.0. The normalized spacial score (nSPS) is 34.2. The van der Waals surface area contributed by atoms with Crippen LogP contribution in [0.25, 0.3) is 0 Å². The van der Waals surface area contributed by atoms with Crippen molar-refractivity contribution in [3.05, 3.63) is 35.9 Å². The van der Waals surface area contributed by atoms with Gasteiger partial charge >= 0.3 is 0 Å². The zero-order chi connectivity index (χ0) is 15.0. The van der Waals surface area contributed by atoms with E-state index in [1.165, 1.54) is 5.56 Å². The Morgan fingerprint density at radius 2 is 2.10 bits per heavy atom. The summed E-state index contributed by atoms with van der Waals surface area (Å²) in [4.78, 5) is 23.3. The van der Waals surface area contributed by atoms with Gasteiger partial charge in [0.25, 0.3) is 0 Å². The number of aliphatic hydroxyl groups is 1. The first kappa shape index (κ1) is 14.3. The molecular formula is C17H21NO3. The number of hydrogen-bond acceptors (Lipinski definition) is 3. The van der Waals surface area contributed by atoms with Gasteiger partial charge in [0.05, 0.1) is 12.0 Å². The molecule has 4 nitrogen and oxygen atoms in total. The van der Waals surface area contributed by atoms with Gasteiger partial charge in [-0.1, -0.05) is 35.9 Å². The number of aryl methyl sites for hydroxylation is 1. The molecule has 0 aliphatic heterocycles. The van der Waals surface area contributed by atoms with Gasteiger partial charge in [0.2, 0.25) is 5.91 Å². The van der Waals surface area contributed by atoms with E-state index in [0.29, 0.717) is 18.2 Å². The maximum atomic E-state index is 11.8. The third-order valence-corrected chi connectivity index (χ3v) is 5.10. The summed E-state index contributed by atoms with van der Waals surface area (Å²) in [5, 5.41) is 11.3. The molecule has 112 valence electrons. The molecule has 4 heteroatoms. The molecule has 0 radical (unpaired) electrons. The van der Waals surface area contributed by atoms with Gasteiger partial charge in [0, 0.05) is 18.4 Å². The van der Waals surface area contributed by atoms with E-state index in [-0.39, 0.29) is 29.8 Å². The second kappa shape index (κ2) is 5.26. The molecule has 21 heavy (non-hydrogen) atoms. The molecule has 0 heterocycles. The van der Waals surface area contributed by atoms with E-state index < -0.39 is 0 Å². The minimum Gasteiger partial charge on any atom is -0.395 e. The maximum absolute atomic E-state index is 11.8. The summed E-state index contributed by atoms with van der Waals surface area (Å²) in [5.74, 6) is 0.846. The summed E-state index contributed by atoms with van der Waals surface area (Å²) < 4.78 is 0. The van der Waals surface area contributed by atoms with Crippen LogP contribution in [0.15, 0.2) is 30.3 Å². The van der Waals surface area contributed by atoms with Crippen molar-refractivity contribution in [2.75, 3.05) is 13.2 Å². The number of ketones is 1. The SMILES string of the molecule is Cc1ccccc1.O=C1[C@H]2C[C@H]3[C@@H]1[C@]3(C(=O)NCCO)C2. The quantitative estimate of drug-likeness (QED) is 0.881. The van der Waals surface area contributed by atoms with E-state index in [2.05, 4.69) is 24.4 Å². The highest BCUT2D eigenvalue weighted by Gasteiger charge is 2.82. The van der Waals surface area contributed by atoms with Crippen molar-refractivity contribution in [3.63, 3.8) is 0 Å². The standard InChI is InChI=1S/C10H13NO3.C7H8/c12-2-1-11-9(14)10-4-5-3-6(10)7(10)8(5)13;1-7-5-3-2-4-6-7/h5-7,12H,1-4H2,(H,11,14);2-6H,1H3/t5-,6-,7-,10-;/m0./s1. The first-order valence-corrected chi connectivity index (χ1v) is 7.56. The van der Waals surface area contributed by atoms with Crippen LogP contribution in [0, 0.1) is 30.1 Å². The molecule has 4 saturated carbocycles. The zero-order valence-corrected chi connectivity index (χ0v) is 12.2. The molecule has 5 rings (SSSR count). The van der Waals surface area contributed by atoms with Crippen LogP contribution in [0.5, 0.6) is 0 Å². The topological polar surface area (TPSA) is 66.4 Å². The highest BCUT2D eigenvalue weighted by molar-refractivity contribution is 6.04. The lowest BCUT2D eigenvalue weighted by molar-refractivity contribution is -0.128. The zero-order valence-electron chi connectivity index (χ0n) is 12.2. The molecule has 1 amide bonds. The monoisotopic (exact) mass is 287 g/mol. The Morgan fingerprint density at radius 3 is 2.48 bits per heavy atom. The Bertz CT molecular complexity index is 556. The summed E-state index contributed by atoms with van der Waals surface area (Å²) in [7, 11) is 0. The number of benzene rings is 1. The number of nitrogens with one attached hydrogen (secondary N) is 1. The Balaban J connectivity index is 0.000000160. The van der Waals surface area contributed by atoms with Gasteiger partial charge in [-0.25, -0.2) is 0 Å². The molecule has 4 fully saturated rings. The van der Waals surface area contributed by atoms with Crippen LogP contribution >= 0.6 is 0 Å². The third-order valence-electron chi connectivity index (χ3n) is 5.10. The summed E-state index contributed by atoms with van der Waals surface area (Å²) in [6.07, 6.45) is 1.69. The van der Waals surface area contributed by atoms with Crippen LogP contribution in [0.4, 0.5) is 0 Å². The number of hydrogen-bond donors (Lipinski definition) is 2. The number of carbonyl (C=O) groups excluding carboxylic acids is 2. The first-order valence-electron chi connectivity index (χ1n) is 7.56. The molecule has 4 bridgehead atoms. The minimum atomic E-state index is -0.336. The maximum Gasteiger partial charge on any atom is 0.227 e. The fraction of sp³-hybridized carbons (Fsp3) is 0.529. The van der Waals surface area contributed by atoms with Crippen molar-refractivity contribution in [2.24, 2.45) is 23.2 Å². The molecule has 2 N–H and O–H groups in total. The predicted octanol–water partition coefficient (Wildman–Crippen LogP) is 1.32. The Hall–Kier alpha value is -1.68. The van der Waals surface area contributed by atoms with Crippen LogP contribution in [0.1, 0.15) is 18.4 Å². The van der Waals surface area contributed by atoms with Crippen molar-refractivity contribution < 1.29 is 14.7 Å². The molecule has 0 unspecified atom stereocenters. The second-order valence-corrected chi connectivity index (χ2v) is 6.30. The minimum absolute atomic E-state index is 0.00472. The second-order valence-electron chi connectivity index (χ2n) is 6.30. The van der Waals surface area contributed by atoms with E-state index in [9.17, 15) is 9.59 Å². The lowest BCUT2D eigenvalue weighted by Gasteiger charge is -2.10. The van der Waals surface area contributed by atoms with E-state index in [4.69, 9.17) is 5.11 Å². The summed E-state index contributed by atoms with van der Waals surface area (Å²) in [6.45, 7) is 2.35. The highest BCUT2D eigenvalue weighted by Crippen LogP contribution is 2.77. The van der Waals surface area contributed by atoms with Crippen molar-refractivity contribution in [2.45, 2.75) is 19.8 Å². The Morgan fingerprint density at radius 1 is 1.38 bits per heavy atom. The summed E-state index contributed by atoms with van der Waals surface area (Å²) in [5.41, 5.74) is 0.985. The number of aliphatic hydroxyl groups excluding tert-OH is 1. The first-order chi connectivity index (χ1) is 10.1. The van der Waals surface area contributed by atoms with Crippen LogP contribution in [0.3, 0.4) is 0 Å². The van der Waals surface area contributed by atoms with Crippen LogP contribution in [0.2, 0.25) is 0 Å². The third kappa shape index (κ3) is 2.18.